The molecule has 1 aromatic heterocycles. The Morgan fingerprint density at radius 3 is 2.92 bits per heavy atom. The number of rotatable bonds is 2. The molecule has 2 aromatic rings. The van der Waals surface area contributed by atoms with Gasteiger partial charge in [-0.25, -0.2) is 0 Å². The molecule has 0 bridgehead atoms. The van der Waals surface area contributed by atoms with Crippen LogP contribution in [-0.4, -0.2) is 17.0 Å². The molecule has 0 amide bonds. The van der Waals surface area contributed by atoms with Crippen molar-refractivity contribution in [3.63, 3.8) is 0 Å². The first kappa shape index (κ1) is 8.13. The largest absolute Gasteiger partial charge is 0.316 e. The Hall–Kier alpha value is -1.48. The lowest BCUT2D eigenvalue weighted by atomic mass is 10.2. The summed E-state index contributed by atoms with van der Waals surface area (Å²) in [6.45, 7) is 0.829. The Morgan fingerprint density at radius 1 is 1.23 bits per heavy atom. The molecule has 0 saturated heterocycles. The number of fused-ring (bicyclic) bond motifs is 1. The highest BCUT2D eigenvalue weighted by Crippen LogP contribution is 2.12. The minimum absolute atomic E-state index is 0.829. The van der Waals surface area contributed by atoms with Crippen molar-refractivity contribution >= 4 is 11.0 Å². The van der Waals surface area contributed by atoms with Crippen LogP contribution in [0.4, 0.5) is 0 Å². The molecule has 0 fully saturated rings. The molecule has 0 aliphatic heterocycles. The van der Waals surface area contributed by atoms with Gasteiger partial charge in [-0.05, 0) is 18.7 Å². The van der Waals surface area contributed by atoms with Gasteiger partial charge in [0.25, 0.3) is 0 Å². The van der Waals surface area contributed by atoms with Gasteiger partial charge in [-0.2, -0.15) is 0 Å². The molecule has 0 saturated carbocycles. The molecule has 0 radical (unpaired) electrons. The van der Waals surface area contributed by atoms with Crippen molar-refractivity contribution in [1.82, 2.24) is 15.3 Å². The average Bonchev–Trinajstić information content (AvgIpc) is 2.19. The highest BCUT2D eigenvalue weighted by molar-refractivity contribution is 5.77. The van der Waals surface area contributed by atoms with Crippen LogP contribution in [0.3, 0.4) is 0 Å². The lowest BCUT2D eigenvalue weighted by Crippen LogP contribution is -2.06. The van der Waals surface area contributed by atoms with E-state index in [4.69, 9.17) is 0 Å². The van der Waals surface area contributed by atoms with Gasteiger partial charge in [0, 0.05) is 18.9 Å². The van der Waals surface area contributed by atoms with E-state index < -0.39 is 0 Å². The second-order valence-electron chi connectivity index (χ2n) is 2.87. The molecular weight excluding hydrogens is 162 g/mol. The molecule has 0 atom stereocenters. The SMILES string of the molecule is CNCc1cccc2nccnc12. The Morgan fingerprint density at radius 2 is 2.08 bits per heavy atom. The topological polar surface area (TPSA) is 37.8 Å². The van der Waals surface area contributed by atoms with E-state index in [1.165, 1.54) is 5.56 Å². The fourth-order valence-electron chi connectivity index (χ4n) is 1.39. The van der Waals surface area contributed by atoms with Gasteiger partial charge < -0.3 is 5.32 Å². The van der Waals surface area contributed by atoms with Gasteiger partial charge in [0.2, 0.25) is 0 Å². The first-order chi connectivity index (χ1) is 6.42. The van der Waals surface area contributed by atoms with Crippen LogP contribution < -0.4 is 5.32 Å². The number of benzene rings is 1. The number of aromatic nitrogens is 2. The third-order valence-electron chi connectivity index (χ3n) is 1.95. The predicted molar refractivity (Wildman–Crippen MR) is 52.3 cm³/mol. The number of nitrogens with zero attached hydrogens (tertiary/aromatic N) is 2. The van der Waals surface area contributed by atoms with Gasteiger partial charge in [0.15, 0.2) is 0 Å². The van der Waals surface area contributed by atoms with Crippen LogP contribution in [0.2, 0.25) is 0 Å². The second-order valence-corrected chi connectivity index (χ2v) is 2.87. The third-order valence-corrected chi connectivity index (χ3v) is 1.95. The molecular formula is C10H11N3. The average molecular weight is 173 g/mol. The first-order valence-corrected chi connectivity index (χ1v) is 4.25. The van der Waals surface area contributed by atoms with Gasteiger partial charge in [0.1, 0.15) is 0 Å². The number of hydrogen-bond acceptors (Lipinski definition) is 3. The summed E-state index contributed by atoms with van der Waals surface area (Å²) < 4.78 is 0. The maximum absolute atomic E-state index is 4.30. The predicted octanol–water partition coefficient (Wildman–Crippen LogP) is 1.35. The molecule has 3 heteroatoms. The van der Waals surface area contributed by atoms with Crippen molar-refractivity contribution in [1.29, 1.82) is 0 Å². The van der Waals surface area contributed by atoms with Crippen LogP contribution in [0.15, 0.2) is 30.6 Å². The fourth-order valence-corrected chi connectivity index (χ4v) is 1.39. The standard InChI is InChI=1S/C10H11N3/c1-11-7-8-3-2-4-9-10(8)13-6-5-12-9/h2-6,11H,7H2,1H3. The quantitative estimate of drug-likeness (QED) is 0.745. The molecule has 3 nitrogen and oxygen atoms in total. The fraction of sp³-hybridized carbons (Fsp3) is 0.200. The summed E-state index contributed by atoms with van der Waals surface area (Å²) in [6.07, 6.45) is 3.44. The van der Waals surface area contributed by atoms with Crippen molar-refractivity contribution in [2.24, 2.45) is 0 Å². The van der Waals surface area contributed by atoms with E-state index in [1.54, 1.807) is 12.4 Å². The van der Waals surface area contributed by atoms with Gasteiger partial charge in [-0.3, -0.25) is 9.97 Å². The van der Waals surface area contributed by atoms with E-state index in [0.29, 0.717) is 0 Å². The van der Waals surface area contributed by atoms with Crippen LogP contribution in [0, 0.1) is 0 Å². The Balaban J connectivity index is 2.61. The zero-order valence-electron chi connectivity index (χ0n) is 7.49. The summed E-state index contributed by atoms with van der Waals surface area (Å²) in [5, 5.41) is 3.11. The molecule has 0 aliphatic carbocycles. The Kier molecular flexibility index (Phi) is 2.19. The molecule has 66 valence electrons. The van der Waals surface area contributed by atoms with E-state index >= 15 is 0 Å². The zero-order chi connectivity index (χ0) is 9.10. The maximum atomic E-state index is 4.30. The van der Waals surface area contributed by atoms with Crippen LogP contribution in [-0.2, 0) is 6.54 Å². The van der Waals surface area contributed by atoms with E-state index in [-0.39, 0.29) is 0 Å². The van der Waals surface area contributed by atoms with Crippen LogP contribution in [0.5, 0.6) is 0 Å². The highest BCUT2D eigenvalue weighted by Gasteiger charge is 1.99. The monoisotopic (exact) mass is 173 g/mol. The molecule has 1 N–H and O–H groups in total. The van der Waals surface area contributed by atoms with E-state index in [1.807, 2.05) is 19.2 Å². The summed E-state index contributed by atoms with van der Waals surface area (Å²) >= 11 is 0. The van der Waals surface area contributed by atoms with Crippen LogP contribution in [0.1, 0.15) is 5.56 Å². The molecule has 13 heavy (non-hydrogen) atoms. The minimum atomic E-state index is 0.829. The number of hydrogen-bond donors (Lipinski definition) is 1. The summed E-state index contributed by atoms with van der Waals surface area (Å²) in [6, 6.07) is 6.04. The van der Waals surface area contributed by atoms with Crippen LogP contribution >= 0.6 is 0 Å². The van der Waals surface area contributed by atoms with Gasteiger partial charge in [-0.15, -0.1) is 0 Å². The van der Waals surface area contributed by atoms with E-state index in [9.17, 15) is 0 Å². The van der Waals surface area contributed by atoms with Gasteiger partial charge in [0.05, 0.1) is 11.0 Å². The number of para-hydroxylation sites is 1. The van der Waals surface area contributed by atoms with Crippen molar-refractivity contribution in [2.45, 2.75) is 6.54 Å². The smallest absolute Gasteiger partial charge is 0.0931 e. The van der Waals surface area contributed by atoms with Crippen molar-refractivity contribution in [3.05, 3.63) is 36.2 Å². The lowest BCUT2D eigenvalue weighted by Gasteiger charge is -2.02. The van der Waals surface area contributed by atoms with Gasteiger partial charge in [-0.1, -0.05) is 12.1 Å². The Labute approximate surface area is 76.8 Å². The first-order valence-electron chi connectivity index (χ1n) is 4.25. The normalized spacial score (nSPS) is 10.5. The summed E-state index contributed by atoms with van der Waals surface area (Å²) in [5.74, 6) is 0. The van der Waals surface area contributed by atoms with Crippen LogP contribution in [0.25, 0.3) is 11.0 Å². The minimum Gasteiger partial charge on any atom is -0.316 e. The third kappa shape index (κ3) is 1.51. The highest BCUT2D eigenvalue weighted by atomic mass is 14.8. The molecule has 1 aromatic carbocycles. The van der Waals surface area contributed by atoms with Crippen molar-refractivity contribution in [2.75, 3.05) is 7.05 Å². The van der Waals surface area contributed by atoms with E-state index in [0.717, 1.165) is 17.6 Å². The Bertz CT molecular complexity index is 406. The molecule has 1 heterocycles. The molecule has 0 aliphatic rings. The summed E-state index contributed by atoms with van der Waals surface area (Å²) in [5.41, 5.74) is 3.13. The molecule has 0 unspecified atom stereocenters. The second kappa shape index (κ2) is 3.49. The van der Waals surface area contributed by atoms with Gasteiger partial charge >= 0.3 is 0 Å². The zero-order valence-corrected chi connectivity index (χ0v) is 7.49. The lowest BCUT2D eigenvalue weighted by molar-refractivity contribution is 0.821. The maximum Gasteiger partial charge on any atom is 0.0931 e. The summed E-state index contributed by atoms with van der Waals surface area (Å²) in [7, 11) is 1.93. The molecule has 2 rings (SSSR count). The van der Waals surface area contributed by atoms with Crippen molar-refractivity contribution in [3.8, 4) is 0 Å². The summed E-state index contributed by atoms with van der Waals surface area (Å²) in [4.78, 5) is 8.53. The molecule has 0 spiro atoms. The van der Waals surface area contributed by atoms with Crippen molar-refractivity contribution < 1.29 is 0 Å². The number of nitrogens with one attached hydrogen (secondary N) is 1. The van der Waals surface area contributed by atoms with E-state index in [2.05, 4.69) is 21.4 Å².